The van der Waals surface area contributed by atoms with E-state index in [1.165, 1.54) is 29.7 Å². The number of amides is 1. The van der Waals surface area contributed by atoms with Crippen LogP contribution in [0, 0.1) is 5.82 Å². The predicted molar refractivity (Wildman–Crippen MR) is 107 cm³/mol. The van der Waals surface area contributed by atoms with E-state index in [4.69, 9.17) is 28.9 Å². The number of hydrogen-bond acceptors (Lipinski definition) is 4. The van der Waals surface area contributed by atoms with Crippen LogP contribution in [0.4, 0.5) is 4.39 Å². The topological polar surface area (TPSA) is 72.9 Å². The van der Waals surface area contributed by atoms with Gasteiger partial charge < -0.3 is 11.1 Å². The molecule has 142 valence electrons. The van der Waals surface area contributed by atoms with E-state index in [9.17, 15) is 9.18 Å². The monoisotopic (exact) mass is 426 g/mol. The fourth-order valence-corrected chi connectivity index (χ4v) is 4.30. The second kappa shape index (κ2) is 8.39. The molecule has 0 unspecified atom stereocenters. The zero-order valence-corrected chi connectivity index (χ0v) is 16.7. The highest BCUT2D eigenvalue weighted by Gasteiger charge is 2.23. The lowest BCUT2D eigenvalue weighted by molar-refractivity contribution is 0.0942. The average molecular weight is 427 g/mol. The van der Waals surface area contributed by atoms with Gasteiger partial charge in [-0.25, -0.2) is 4.39 Å². The molecule has 0 saturated carbocycles. The largest absolute Gasteiger partial charge is 0.347 e. The zero-order valence-electron chi connectivity index (χ0n) is 14.4. The van der Waals surface area contributed by atoms with E-state index in [0.29, 0.717) is 32.6 Å². The van der Waals surface area contributed by atoms with Crippen molar-refractivity contribution in [3.8, 4) is 11.3 Å². The van der Waals surface area contributed by atoms with E-state index >= 15 is 0 Å². The molecule has 1 atom stereocenters. The third-order valence-electron chi connectivity index (χ3n) is 4.08. The van der Waals surface area contributed by atoms with Crippen molar-refractivity contribution in [2.45, 2.75) is 12.5 Å². The number of carbonyl (C=O) groups excluding carboxylic acids is 1. The first-order chi connectivity index (χ1) is 12.9. The molecule has 1 amide bonds. The lowest BCUT2D eigenvalue weighted by Crippen LogP contribution is -2.41. The van der Waals surface area contributed by atoms with E-state index in [-0.39, 0.29) is 24.3 Å². The van der Waals surface area contributed by atoms with Gasteiger partial charge in [-0.1, -0.05) is 35.3 Å². The Kier molecular flexibility index (Phi) is 6.16. The highest BCUT2D eigenvalue weighted by molar-refractivity contribution is 7.13. The number of benzene rings is 1. The van der Waals surface area contributed by atoms with Crippen molar-refractivity contribution in [1.82, 2.24) is 15.1 Å². The summed E-state index contributed by atoms with van der Waals surface area (Å²) < 4.78 is 15.0. The van der Waals surface area contributed by atoms with Crippen LogP contribution in [0.25, 0.3) is 11.3 Å². The second-order valence-corrected chi connectivity index (χ2v) is 7.66. The van der Waals surface area contributed by atoms with Crippen molar-refractivity contribution >= 4 is 40.4 Å². The molecule has 2 aromatic heterocycles. The van der Waals surface area contributed by atoms with E-state index < -0.39 is 0 Å². The minimum Gasteiger partial charge on any atom is -0.347 e. The van der Waals surface area contributed by atoms with Gasteiger partial charge in [0.15, 0.2) is 0 Å². The van der Waals surface area contributed by atoms with Crippen molar-refractivity contribution in [2.24, 2.45) is 12.8 Å². The van der Waals surface area contributed by atoms with Crippen LogP contribution in [-0.4, -0.2) is 28.3 Å². The van der Waals surface area contributed by atoms with Gasteiger partial charge >= 0.3 is 0 Å². The third kappa shape index (κ3) is 4.32. The number of rotatable bonds is 6. The number of nitrogens with two attached hydrogens (primary N) is 1. The van der Waals surface area contributed by atoms with Gasteiger partial charge in [0.2, 0.25) is 0 Å². The molecule has 3 rings (SSSR count). The van der Waals surface area contributed by atoms with Gasteiger partial charge in [-0.2, -0.15) is 5.10 Å². The molecule has 2 heterocycles. The highest BCUT2D eigenvalue weighted by atomic mass is 35.5. The summed E-state index contributed by atoms with van der Waals surface area (Å²) in [5.41, 5.74) is 7.82. The van der Waals surface area contributed by atoms with E-state index in [2.05, 4.69) is 10.4 Å². The number of aromatic nitrogens is 2. The van der Waals surface area contributed by atoms with Crippen LogP contribution in [0.15, 0.2) is 35.8 Å². The van der Waals surface area contributed by atoms with Crippen molar-refractivity contribution < 1.29 is 9.18 Å². The molecule has 0 aliphatic heterocycles. The van der Waals surface area contributed by atoms with Gasteiger partial charge in [-0.3, -0.25) is 9.48 Å². The summed E-state index contributed by atoms with van der Waals surface area (Å²) in [4.78, 5) is 13.0. The Balaban J connectivity index is 1.78. The zero-order chi connectivity index (χ0) is 19.6. The van der Waals surface area contributed by atoms with E-state index in [0.717, 1.165) is 5.56 Å². The molecule has 1 aromatic carbocycles. The Morgan fingerprint density at radius 1 is 1.44 bits per heavy atom. The minimum absolute atomic E-state index is 0.214. The maximum Gasteiger partial charge on any atom is 0.263 e. The smallest absolute Gasteiger partial charge is 0.263 e. The van der Waals surface area contributed by atoms with Crippen molar-refractivity contribution in [3.05, 3.63) is 62.1 Å². The van der Waals surface area contributed by atoms with Crippen LogP contribution in [-0.2, 0) is 13.5 Å². The summed E-state index contributed by atoms with van der Waals surface area (Å²) in [5.74, 6) is -0.657. The van der Waals surface area contributed by atoms with Gasteiger partial charge in [0.05, 0.1) is 21.9 Å². The molecule has 0 aliphatic rings. The van der Waals surface area contributed by atoms with Gasteiger partial charge in [0.1, 0.15) is 10.7 Å². The quantitative estimate of drug-likeness (QED) is 0.627. The molecular formula is C18H17Cl2FN4OS. The Bertz CT molecular complexity index is 953. The van der Waals surface area contributed by atoms with Crippen LogP contribution in [0.3, 0.4) is 0 Å². The van der Waals surface area contributed by atoms with Crippen molar-refractivity contribution in [3.63, 3.8) is 0 Å². The lowest BCUT2D eigenvalue weighted by atomic mass is 10.1. The molecule has 3 aromatic rings. The van der Waals surface area contributed by atoms with Crippen molar-refractivity contribution in [2.75, 3.05) is 6.54 Å². The first kappa shape index (κ1) is 19.8. The average Bonchev–Trinajstić information content (AvgIpc) is 3.16. The number of hydrogen-bond donors (Lipinski definition) is 2. The van der Waals surface area contributed by atoms with Gasteiger partial charge in [-0.15, -0.1) is 11.3 Å². The lowest BCUT2D eigenvalue weighted by Gasteiger charge is -2.16. The van der Waals surface area contributed by atoms with Gasteiger partial charge in [-0.05, 0) is 24.1 Å². The Morgan fingerprint density at radius 2 is 2.22 bits per heavy atom. The maximum absolute atomic E-state index is 13.4. The predicted octanol–water partition coefficient (Wildman–Crippen LogP) is 3.89. The molecule has 0 fully saturated rings. The summed E-state index contributed by atoms with van der Waals surface area (Å²) in [5, 5.41) is 9.48. The highest BCUT2D eigenvalue weighted by Crippen LogP contribution is 2.38. The fraction of sp³-hybridized carbons (Fsp3) is 0.222. The Morgan fingerprint density at radius 3 is 2.85 bits per heavy atom. The Hall–Kier alpha value is -1.93. The minimum atomic E-state index is -0.346. The SMILES string of the molecule is Cn1ncc(Cl)c1-c1csc(C(=O)N[C@H](CN)Cc2cccc(F)c2)c1Cl. The number of nitrogens with one attached hydrogen (secondary N) is 1. The molecule has 9 heteroatoms. The first-order valence-corrected chi connectivity index (χ1v) is 9.74. The summed E-state index contributed by atoms with van der Waals surface area (Å²) in [7, 11) is 1.75. The molecule has 0 saturated heterocycles. The number of nitrogens with zero attached hydrogens (tertiary/aromatic N) is 2. The molecular weight excluding hydrogens is 410 g/mol. The van der Waals surface area contributed by atoms with Gasteiger partial charge in [0, 0.05) is 30.6 Å². The fourth-order valence-electron chi connectivity index (χ4n) is 2.76. The number of thiophene rings is 1. The van der Waals surface area contributed by atoms with E-state index in [1.807, 2.05) is 0 Å². The summed E-state index contributed by atoms with van der Waals surface area (Å²) in [6.07, 6.45) is 1.94. The summed E-state index contributed by atoms with van der Waals surface area (Å²) >= 11 is 13.8. The Labute approximate surface area is 169 Å². The second-order valence-electron chi connectivity index (χ2n) is 6.00. The van der Waals surface area contributed by atoms with Crippen LogP contribution < -0.4 is 11.1 Å². The van der Waals surface area contributed by atoms with E-state index in [1.54, 1.807) is 29.2 Å². The summed E-state index contributed by atoms with van der Waals surface area (Å²) in [6, 6.07) is 5.87. The van der Waals surface area contributed by atoms with Crippen LogP contribution in [0.1, 0.15) is 15.2 Å². The molecule has 0 bridgehead atoms. The van der Waals surface area contributed by atoms with Crippen molar-refractivity contribution in [1.29, 1.82) is 0 Å². The first-order valence-electron chi connectivity index (χ1n) is 8.11. The van der Waals surface area contributed by atoms with Gasteiger partial charge in [0.25, 0.3) is 5.91 Å². The molecule has 3 N–H and O–H groups in total. The molecule has 0 radical (unpaired) electrons. The number of halogens is 3. The van der Waals surface area contributed by atoms with Crippen LogP contribution in [0.5, 0.6) is 0 Å². The number of carbonyl (C=O) groups is 1. The molecule has 5 nitrogen and oxygen atoms in total. The standard InChI is InChI=1S/C18H17Cl2FN4OS/c1-25-16(14(19)8-23-25)13-9-27-17(15(13)20)18(26)24-12(7-22)6-10-3-2-4-11(21)5-10/h2-5,8-9,12H,6-7,22H2,1H3,(H,24,26)/t12-/m0/s1. The molecule has 0 spiro atoms. The third-order valence-corrected chi connectivity index (χ3v) is 5.84. The van der Waals surface area contributed by atoms with Crippen LogP contribution >= 0.6 is 34.5 Å². The normalized spacial score (nSPS) is 12.2. The summed E-state index contributed by atoms with van der Waals surface area (Å²) in [6.45, 7) is 0.214. The molecule has 27 heavy (non-hydrogen) atoms. The van der Waals surface area contributed by atoms with Crippen LogP contribution in [0.2, 0.25) is 10.0 Å². The maximum atomic E-state index is 13.4. The molecule has 0 aliphatic carbocycles. The number of aryl methyl sites for hydroxylation is 1.